The molecule has 0 fully saturated rings. The summed E-state index contributed by atoms with van der Waals surface area (Å²) in [6.07, 6.45) is 86.2. The summed E-state index contributed by atoms with van der Waals surface area (Å²) in [5.41, 5.74) is 0. The molecule has 0 aromatic carbocycles. The molecule has 0 aliphatic heterocycles. The number of aliphatic hydroxyl groups excluding tert-OH is 1. The first-order valence-electron chi connectivity index (χ1n) is 42.1. The van der Waals surface area contributed by atoms with E-state index in [9.17, 15) is 43.2 Å². The highest BCUT2D eigenvalue weighted by molar-refractivity contribution is 7.47. The lowest BCUT2D eigenvalue weighted by atomic mass is 10.1. The lowest BCUT2D eigenvalue weighted by Gasteiger charge is -2.21. The number of carbonyl (C=O) groups is 4. The van der Waals surface area contributed by atoms with Gasteiger partial charge in [-0.05, 0) is 154 Å². The standard InChI is InChI=1S/C87H152O17P2/c1-5-9-13-17-21-25-29-33-36-38-40-42-45-48-51-55-59-63-67-71-84(89)97-77-82(103-86(91)73-69-65-61-57-53-47-32-28-24-20-16-12-8-4)79-101-105(93,94)99-75-81(88)76-100-106(95,96)102-80-83(104-87(92)74-70-66-62-58-54-50-44-35-31-27-23-19-15-11-7-3)78-98-85(90)72-68-64-60-56-52-49-46-43-41-39-37-34-30-26-22-18-14-10-6-2/h16,20-22,25-26,28,32-37,40-44,81-83,88H,5-15,17-19,23-24,27,29-31,38-39,45-80H2,1-4H3,(H,93,94)(H,95,96)/b20-16-,25-21-,26-22-,32-28-,36-33-,37-34-,42-40-,43-41-,44-35-. The van der Waals surface area contributed by atoms with Crippen LogP contribution in [-0.4, -0.2) is 96.7 Å². The molecule has 0 aliphatic carbocycles. The van der Waals surface area contributed by atoms with Crippen molar-refractivity contribution in [2.24, 2.45) is 0 Å². The fourth-order valence-corrected chi connectivity index (χ4v) is 12.8. The first kappa shape index (κ1) is 102. The molecule has 0 aliphatic rings. The molecule has 0 saturated heterocycles. The van der Waals surface area contributed by atoms with Gasteiger partial charge in [0, 0.05) is 25.7 Å². The summed E-state index contributed by atoms with van der Waals surface area (Å²) in [5, 5.41) is 10.7. The van der Waals surface area contributed by atoms with E-state index in [1.807, 2.05) is 0 Å². The van der Waals surface area contributed by atoms with Gasteiger partial charge in [-0.25, -0.2) is 9.13 Å². The van der Waals surface area contributed by atoms with Crippen LogP contribution in [-0.2, 0) is 65.4 Å². The van der Waals surface area contributed by atoms with Crippen molar-refractivity contribution in [1.29, 1.82) is 0 Å². The second kappa shape index (κ2) is 78.8. The molecular weight excluding hydrogens is 1380 g/mol. The van der Waals surface area contributed by atoms with Crippen molar-refractivity contribution in [3.05, 3.63) is 109 Å². The number of rotatable bonds is 79. The smallest absolute Gasteiger partial charge is 0.462 e. The summed E-state index contributed by atoms with van der Waals surface area (Å²) in [5.74, 6) is -2.21. The molecule has 612 valence electrons. The van der Waals surface area contributed by atoms with E-state index in [2.05, 4.69) is 137 Å². The van der Waals surface area contributed by atoms with Crippen LogP contribution in [0.3, 0.4) is 0 Å². The van der Waals surface area contributed by atoms with Crippen LogP contribution in [0.1, 0.15) is 362 Å². The number of hydrogen-bond acceptors (Lipinski definition) is 15. The number of ether oxygens (including phenoxy) is 4. The van der Waals surface area contributed by atoms with Gasteiger partial charge >= 0.3 is 39.5 Å². The Hall–Kier alpha value is -4.28. The van der Waals surface area contributed by atoms with Gasteiger partial charge in [-0.15, -0.1) is 0 Å². The number of phosphoric ester groups is 2. The van der Waals surface area contributed by atoms with E-state index < -0.39 is 97.5 Å². The molecule has 0 heterocycles. The summed E-state index contributed by atoms with van der Waals surface area (Å²) >= 11 is 0. The van der Waals surface area contributed by atoms with Gasteiger partial charge in [0.2, 0.25) is 0 Å². The molecule has 0 saturated carbocycles. The number of phosphoric acid groups is 2. The number of carbonyl (C=O) groups excluding carboxylic acids is 4. The second-order valence-corrected chi connectivity index (χ2v) is 31.0. The van der Waals surface area contributed by atoms with Crippen LogP contribution >= 0.6 is 15.6 Å². The maximum absolute atomic E-state index is 13.1. The van der Waals surface area contributed by atoms with Crippen LogP contribution in [0.15, 0.2) is 109 Å². The number of aliphatic hydroxyl groups is 1. The molecule has 5 atom stereocenters. The summed E-state index contributed by atoms with van der Waals surface area (Å²) < 4.78 is 68.7. The normalized spacial score (nSPS) is 14.4. The van der Waals surface area contributed by atoms with E-state index in [4.69, 9.17) is 37.0 Å². The SMILES string of the molecule is CCC/C=C\C/C=C\CCCCCCCC(=O)OC(COC(=O)CCCCCCCC/C=C\C/C=C\C/C=C\CCCCC)COP(=O)(O)OCC(O)COP(=O)(O)OCC(COC(=O)CCCCCCCC/C=C\C/C=C\C/C=C\CCCCC)OC(=O)CCCCCCC/C=C\CCCCCCCC. The second-order valence-electron chi connectivity index (χ2n) is 28.1. The number of unbranched alkanes of at least 4 members (excludes halogenated alkanes) is 35. The Morgan fingerprint density at radius 3 is 0.774 bits per heavy atom. The molecule has 17 nitrogen and oxygen atoms in total. The van der Waals surface area contributed by atoms with E-state index in [0.717, 1.165) is 205 Å². The molecule has 0 radical (unpaired) electrons. The summed E-state index contributed by atoms with van der Waals surface area (Å²) in [6.45, 7) is 4.74. The Balaban J connectivity index is 5.36. The molecule has 0 bridgehead atoms. The summed E-state index contributed by atoms with van der Waals surface area (Å²) in [6, 6.07) is 0. The molecule has 19 heteroatoms. The topological polar surface area (TPSA) is 237 Å². The molecule has 3 N–H and O–H groups in total. The average molecular weight is 1530 g/mol. The fraction of sp³-hybridized carbons (Fsp3) is 0.747. The van der Waals surface area contributed by atoms with Gasteiger partial charge in [-0.2, -0.15) is 0 Å². The third-order valence-electron chi connectivity index (χ3n) is 17.7. The lowest BCUT2D eigenvalue weighted by Crippen LogP contribution is -2.30. The zero-order valence-corrected chi connectivity index (χ0v) is 68.9. The molecule has 0 aromatic rings. The van der Waals surface area contributed by atoms with Crippen molar-refractivity contribution >= 4 is 39.5 Å². The highest BCUT2D eigenvalue weighted by atomic mass is 31.2. The van der Waals surface area contributed by atoms with Crippen molar-refractivity contribution in [2.75, 3.05) is 39.6 Å². The predicted octanol–water partition coefficient (Wildman–Crippen LogP) is 24.9. The summed E-state index contributed by atoms with van der Waals surface area (Å²) in [7, 11) is -9.97. The maximum atomic E-state index is 13.1. The van der Waals surface area contributed by atoms with Gasteiger partial charge in [0.1, 0.15) is 19.3 Å². The molecule has 0 rings (SSSR count). The van der Waals surface area contributed by atoms with Crippen molar-refractivity contribution in [3.8, 4) is 0 Å². The van der Waals surface area contributed by atoms with Crippen LogP contribution in [0.5, 0.6) is 0 Å². The largest absolute Gasteiger partial charge is 0.472 e. The molecule has 0 spiro atoms. The van der Waals surface area contributed by atoms with Gasteiger partial charge in [-0.3, -0.25) is 37.3 Å². The molecule has 0 amide bonds. The minimum atomic E-state index is -4.99. The Morgan fingerprint density at radius 1 is 0.264 bits per heavy atom. The van der Waals surface area contributed by atoms with E-state index in [1.54, 1.807) is 0 Å². The molecule has 106 heavy (non-hydrogen) atoms. The first-order chi connectivity index (χ1) is 51.7. The fourth-order valence-electron chi connectivity index (χ4n) is 11.2. The van der Waals surface area contributed by atoms with Gasteiger partial charge in [0.15, 0.2) is 12.2 Å². The molecular formula is C87H152O17P2. The number of hydrogen-bond donors (Lipinski definition) is 3. The Kier molecular flexibility index (Phi) is 75.6. The van der Waals surface area contributed by atoms with E-state index in [-0.39, 0.29) is 25.7 Å². The summed E-state index contributed by atoms with van der Waals surface area (Å²) in [4.78, 5) is 73.2. The Bertz CT molecular complexity index is 2430. The predicted molar refractivity (Wildman–Crippen MR) is 436 cm³/mol. The third kappa shape index (κ3) is 77.9. The monoisotopic (exact) mass is 1530 g/mol. The Labute approximate surface area is 645 Å². The quantitative estimate of drug-likeness (QED) is 0.0169. The highest BCUT2D eigenvalue weighted by Crippen LogP contribution is 2.45. The highest BCUT2D eigenvalue weighted by Gasteiger charge is 2.30. The van der Waals surface area contributed by atoms with Gasteiger partial charge in [0.05, 0.1) is 26.4 Å². The van der Waals surface area contributed by atoms with Crippen molar-refractivity contribution in [2.45, 2.75) is 380 Å². The number of allylic oxidation sites excluding steroid dienone is 18. The first-order valence-corrected chi connectivity index (χ1v) is 45.1. The molecule has 5 unspecified atom stereocenters. The van der Waals surface area contributed by atoms with Crippen LogP contribution in [0.25, 0.3) is 0 Å². The third-order valence-corrected chi connectivity index (χ3v) is 19.6. The van der Waals surface area contributed by atoms with Crippen molar-refractivity contribution < 1.29 is 80.2 Å². The van der Waals surface area contributed by atoms with Crippen LogP contribution in [0.4, 0.5) is 0 Å². The minimum Gasteiger partial charge on any atom is -0.462 e. The zero-order valence-electron chi connectivity index (χ0n) is 67.1. The van der Waals surface area contributed by atoms with Gasteiger partial charge in [-0.1, -0.05) is 291 Å². The van der Waals surface area contributed by atoms with E-state index in [0.29, 0.717) is 25.7 Å². The average Bonchev–Trinajstić information content (AvgIpc) is 0.902. The van der Waals surface area contributed by atoms with E-state index >= 15 is 0 Å². The van der Waals surface area contributed by atoms with Crippen LogP contribution in [0, 0.1) is 0 Å². The van der Waals surface area contributed by atoms with Crippen molar-refractivity contribution in [3.63, 3.8) is 0 Å². The van der Waals surface area contributed by atoms with Crippen LogP contribution < -0.4 is 0 Å². The lowest BCUT2D eigenvalue weighted by molar-refractivity contribution is -0.161. The Morgan fingerprint density at radius 2 is 0.481 bits per heavy atom. The zero-order chi connectivity index (χ0) is 77.4. The van der Waals surface area contributed by atoms with Gasteiger partial charge in [0.25, 0.3) is 0 Å². The minimum absolute atomic E-state index is 0.0747. The van der Waals surface area contributed by atoms with Gasteiger partial charge < -0.3 is 33.8 Å². The number of esters is 4. The van der Waals surface area contributed by atoms with Crippen LogP contribution in [0.2, 0.25) is 0 Å². The maximum Gasteiger partial charge on any atom is 0.472 e. The molecule has 0 aromatic heterocycles. The van der Waals surface area contributed by atoms with Crippen molar-refractivity contribution in [1.82, 2.24) is 0 Å². The van der Waals surface area contributed by atoms with E-state index in [1.165, 1.54) is 77.0 Å².